The summed E-state index contributed by atoms with van der Waals surface area (Å²) in [5.41, 5.74) is 2.56. The largest absolute Gasteiger partial charge is 0.464 e. The number of methoxy groups -OCH3 is 1. The number of rotatable bonds is 3. The molecule has 0 saturated heterocycles. The molecule has 1 aromatic carbocycles. The summed E-state index contributed by atoms with van der Waals surface area (Å²) in [7, 11) is 1.39. The number of carbonyl (C=O) groups excluding carboxylic acids is 1. The van der Waals surface area contributed by atoms with Crippen LogP contribution in [0.3, 0.4) is 0 Å². The highest BCUT2D eigenvalue weighted by Gasteiger charge is 2.16. The molecule has 0 N–H and O–H groups in total. The van der Waals surface area contributed by atoms with Crippen LogP contribution in [-0.2, 0) is 4.74 Å². The molecule has 2 aromatic rings. The Morgan fingerprint density at radius 1 is 1.21 bits per heavy atom. The van der Waals surface area contributed by atoms with Gasteiger partial charge in [-0.15, -0.1) is 0 Å². The number of nitrogens with zero attached hydrogens (tertiary/aromatic N) is 1. The first-order valence-electron chi connectivity index (χ1n) is 6.09. The van der Waals surface area contributed by atoms with Crippen molar-refractivity contribution in [3.63, 3.8) is 0 Å². The molecule has 0 saturated carbocycles. The zero-order valence-corrected chi connectivity index (χ0v) is 11.9. The van der Waals surface area contributed by atoms with Gasteiger partial charge in [0, 0.05) is 22.8 Å². The first-order chi connectivity index (χ1) is 9.02. The lowest BCUT2D eigenvalue weighted by molar-refractivity contribution is 0.0587. The molecule has 4 heteroatoms. The number of hydrogen-bond acceptors (Lipinski definition) is 2. The van der Waals surface area contributed by atoms with Crippen LogP contribution in [0, 0.1) is 0 Å². The Hall–Kier alpha value is -1.74. The Labute approximate surface area is 117 Å². The van der Waals surface area contributed by atoms with Crippen LogP contribution in [0.25, 0.3) is 11.1 Å². The van der Waals surface area contributed by atoms with Crippen LogP contribution in [-0.4, -0.2) is 17.6 Å². The number of ether oxygens (including phenoxy) is 1. The molecular formula is C15H16ClNO2. The summed E-state index contributed by atoms with van der Waals surface area (Å²) in [6, 6.07) is 9.57. The lowest BCUT2D eigenvalue weighted by Crippen LogP contribution is -2.11. The maximum absolute atomic E-state index is 11.8. The molecule has 1 aromatic heterocycles. The van der Waals surface area contributed by atoms with Crippen LogP contribution in [0.15, 0.2) is 36.5 Å². The van der Waals surface area contributed by atoms with Gasteiger partial charge >= 0.3 is 5.97 Å². The molecule has 0 atom stereocenters. The van der Waals surface area contributed by atoms with E-state index in [1.807, 2.05) is 54.9 Å². The van der Waals surface area contributed by atoms with Crippen LogP contribution in [0.4, 0.5) is 0 Å². The van der Waals surface area contributed by atoms with Gasteiger partial charge in [0.15, 0.2) is 0 Å². The van der Waals surface area contributed by atoms with E-state index >= 15 is 0 Å². The number of carbonyl (C=O) groups is 1. The second-order valence-corrected chi connectivity index (χ2v) is 5.05. The number of aromatic nitrogens is 1. The smallest absolute Gasteiger partial charge is 0.354 e. The van der Waals surface area contributed by atoms with Crippen molar-refractivity contribution in [2.45, 2.75) is 19.9 Å². The minimum atomic E-state index is -0.325. The van der Waals surface area contributed by atoms with Gasteiger partial charge in [-0.1, -0.05) is 23.7 Å². The van der Waals surface area contributed by atoms with Crippen LogP contribution in [0.5, 0.6) is 0 Å². The average Bonchev–Trinajstić information content (AvgIpc) is 2.84. The van der Waals surface area contributed by atoms with Gasteiger partial charge < -0.3 is 9.30 Å². The number of benzene rings is 1. The van der Waals surface area contributed by atoms with E-state index in [1.165, 1.54) is 7.11 Å². The SMILES string of the molecule is COC(=O)c1cc(-c2ccc(Cl)cc2)cn1C(C)C. The molecule has 0 unspecified atom stereocenters. The van der Waals surface area contributed by atoms with Crippen molar-refractivity contribution in [2.24, 2.45) is 0 Å². The van der Waals surface area contributed by atoms with E-state index in [4.69, 9.17) is 16.3 Å². The van der Waals surface area contributed by atoms with Crippen molar-refractivity contribution in [1.82, 2.24) is 4.57 Å². The van der Waals surface area contributed by atoms with E-state index in [1.54, 1.807) is 0 Å². The molecular weight excluding hydrogens is 262 g/mol. The van der Waals surface area contributed by atoms with Crippen molar-refractivity contribution < 1.29 is 9.53 Å². The van der Waals surface area contributed by atoms with Gasteiger partial charge in [-0.25, -0.2) is 4.79 Å². The van der Waals surface area contributed by atoms with E-state index in [0.29, 0.717) is 10.7 Å². The highest BCUT2D eigenvalue weighted by atomic mass is 35.5. The fourth-order valence-corrected chi connectivity index (χ4v) is 2.10. The van der Waals surface area contributed by atoms with Gasteiger partial charge in [-0.05, 0) is 37.6 Å². The molecule has 0 amide bonds. The normalized spacial score (nSPS) is 10.8. The molecule has 0 radical (unpaired) electrons. The molecule has 0 bridgehead atoms. The molecule has 0 aliphatic carbocycles. The fraction of sp³-hybridized carbons (Fsp3) is 0.267. The first-order valence-corrected chi connectivity index (χ1v) is 6.47. The lowest BCUT2D eigenvalue weighted by Gasteiger charge is -2.10. The molecule has 2 rings (SSSR count). The van der Waals surface area contributed by atoms with Crippen molar-refractivity contribution in [2.75, 3.05) is 7.11 Å². The van der Waals surface area contributed by atoms with Gasteiger partial charge in [0.1, 0.15) is 5.69 Å². The highest BCUT2D eigenvalue weighted by Crippen LogP contribution is 2.26. The minimum absolute atomic E-state index is 0.190. The van der Waals surface area contributed by atoms with E-state index in [9.17, 15) is 4.79 Å². The Kier molecular flexibility index (Phi) is 3.96. The van der Waals surface area contributed by atoms with Gasteiger partial charge in [0.2, 0.25) is 0 Å². The summed E-state index contributed by atoms with van der Waals surface area (Å²) in [6.07, 6.45) is 1.96. The summed E-state index contributed by atoms with van der Waals surface area (Å²) in [5.74, 6) is -0.325. The molecule has 0 aliphatic heterocycles. The third-order valence-electron chi connectivity index (χ3n) is 2.98. The summed E-state index contributed by atoms with van der Waals surface area (Å²) >= 11 is 5.88. The van der Waals surface area contributed by atoms with Gasteiger partial charge in [-0.3, -0.25) is 0 Å². The highest BCUT2D eigenvalue weighted by molar-refractivity contribution is 6.30. The second kappa shape index (κ2) is 5.49. The van der Waals surface area contributed by atoms with Crippen LogP contribution < -0.4 is 0 Å². The summed E-state index contributed by atoms with van der Waals surface area (Å²) in [6.45, 7) is 4.05. The van der Waals surface area contributed by atoms with Crippen LogP contribution in [0.1, 0.15) is 30.4 Å². The molecule has 1 heterocycles. The lowest BCUT2D eigenvalue weighted by atomic mass is 10.1. The molecule has 3 nitrogen and oxygen atoms in total. The third kappa shape index (κ3) is 2.82. The molecule has 0 fully saturated rings. The van der Waals surface area contributed by atoms with E-state index in [-0.39, 0.29) is 12.0 Å². The van der Waals surface area contributed by atoms with Crippen LogP contribution >= 0.6 is 11.6 Å². The number of hydrogen-bond donors (Lipinski definition) is 0. The standard InChI is InChI=1S/C15H16ClNO2/c1-10(2)17-9-12(8-14(17)15(18)19-3)11-4-6-13(16)7-5-11/h4-10H,1-3H3. The Balaban J connectivity index is 2.48. The topological polar surface area (TPSA) is 31.2 Å². The zero-order chi connectivity index (χ0) is 14.0. The Bertz CT molecular complexity index is 585. The van der Waals surface area contributed by atoms with Crippen molar-refractivity contribution in [1.29, 1.82) is 0 Å². The molecule has 0 spiro atoms. The average molecular weight is 278 g/mol. The minimum Gasteiger partial charge on any atom is -0.464 e. The third-order valence-corrected chi connectivity index (χ3v) is 3.23. The predicted molar refractivity (Wildman–Crippen MR) is 76.6 cm³/mol. The monoisotopic (exact) mass is 277 g/mol. The summed E-state index contributed by atoms with van der Waals surface area (Å²) in [4.78, 5) is 11.8. The van der Waals surface area contributed by atoms with Crippen molar-refractivity contribution in [3.05, 3.63) is 47.2 Å². The second-order valence-electron chi connectivity index (χ2n) is 4.61. The Morgan fingerprint density at radius 3 is 2.37 bits per heavy atom. The molecule has 19 heavy (non-hydrogen) atoms. The van der Waals surface area contributed by atoms with Crippen molar-refractivity contribution in [3.8, 4) is 11.1 Å². The number of esters is 1. The van der Waals surface area contributed by atoms with E-state index in [0.717, 1.165) is 11.1 Å². The number of halogens is 1. The first kappa shape index (κ1) is 13.7. The Morgan fingerprint density at radius 2 is 1.84 bits per heavy atom. The van der Waals surface area contributed by atoms with Crippen LogP contribution in [0.2, 0.25) is 5.02 Å². The summed E-state index contributed by atoms with van der Waals surface area (Å²) < 4.78 is 6.73. The maximum Gasteiger partial charge on any atom is 0.354 e. The van der Waals surface area contributed by atoms with E-state index < -0.39 is 0 Å². The predicted octanol–water partition coefficient (Wildman–Crippen LogP) is 4.18. The fourth-order valence-electron chi connectivity index (χ4n) is 1.97. The maximum atomic E-state index is 11.8. The zero-order valence-electron chi connectivity index (χ0n) is 11.2. The van der Waals surface area contributed by atoms with E-state index in [2.05, 4.69) is 0 Å². The van der Waals surface area contributed by atoms with Gasteiger partial charge in [0.25, 0.3) is 0 Å². The summed E-state index contributed by atoms with van der Waals surface area (Å²) in [5, 5.41) is 0.695. The van der Waals surface area contributed by atoms with Gasteiger partial charge in [-0.2, -0.15) is 0 Å². The van der Waals surface area contributed by atoms with Crippen molar-refractivity contribution >= 4 is 17.6 Å². The van der Waals surface area contributed by atoms with Gasteiger partial charge in [0.05, 0.1) is 7.11 Å². The molecule has 100 valence electrons. The molecule has 0 aliphatic rings. The quantitative estimate of drug-likeness (QED) is 0.788.